The second-order valence-corrected chi connectivity index (χ2v) is 4.38. The van der Waals surface area contributed by atoms with Crippen molar-refractivity contribution in [2.75, 3.05) is 0 Å². The molecule has 3 unspecified atom stereocenters. The molecule has 0 amide bonds. The van der Waals surface area contributed by atoms with E-state index in [-0.39, 0.29) is 6.10 Å². The standard InChI is InChI=1S/C10H18O/c1-2-3-5-10-6-4-9(11)8(10)7-10/h8-9,11H,2-7H2,1H3. The molecule has 0 saturated heterocycles. The highest BCUT2D eigenvalue weighted by atomic mass is 16.3. The quantitative estimate of drug-likeness (QED) is 0.661. The average molecular weight is 154 g/mol. The Labute approximate surface area is 68.8 Å². The van der Waals surface area contributed by atoms with E-state index in [0.717, 1.165) is 6.42 Å². The first-order valence-corrected chi connectivity index (χ1v) is 4.96. The van der Waals surface area contributed by atoms with Crippen molar-refractivity contribution in [3.8, 4) is 0 Å². The number of hydrogen-bond donors (Lipinski definition) is 1. The van der Waals surface area contributed by atoms with Crippen molar-refractivity contribution >= 4 is 0 Å². The van der Waals surface area contributed by atoms with E-state index in [1.54, 1.807) is 0 Å². The predicted octanol–water partition coefficient (Wildman–Crippen LogP) is 2.34. The van der Waals surface area contributed by atoms with Gasteiger partial charge >= 0.3 is 0 Å². The highest BCUT2D eigenvalue weighted by Gasteiger charge is 2.60. The number of hydrogen-bond acceptors (Lipinski definition) is 1. The molecular formula is C10H18O. The molecule has 0 radical (unpaired) electrons. The summed E-state index contributed by atoms with van der Waals surface area (Å²) < 4.78 is 0. The first-order valence-electron chi connectivity index (χ1n) is 4.96. The molecule has 2 aliphatic rings. The minimum atomic E-state index is 0.0619. The average Bonchev–Trinajstić information content (AvgIpc) is 2.66. The Balaban J connectivity index is 1.86. The molecular weight excluding hydrogens is 136 g/mol. The van der Waals surface area contributed by atoms with Crippen LogP contribution in [-0.4, -0.2) is 11.2 Å². The summed E-state index contributed by atoms with van der Waals surface area (Å²) in [7, 11) is 0. The summed E-state index contributed by atoms with van der Waals surface area (Å²) in [6, 6.07) is 0. The van der Waals surface area contributed by atoms with Crippen LogP contribution in [-0.2, 0) is 0 Å². The third-order valence-corrected chi connectivity index (χ3v) is 3.68. The molecule has 1 heteroatoms. The fourth-order valence-corrected chi connectivity index (χ4v) is 2.79. The van der Waals surface area contributed by atoms with Crippen LogP contribution in [0.5, 0.6) is 0 Å². The van der Waals surface area contributed by atoms with Crippen molar-refractivity contribution in [2.45, 2.75) is 51.6 Å². The summed E-state index contributed by atoms with van der Waals surface area (Å²) in [5, 5.41) is 9.50. The topological polar surface area (TPSA) is 20.2 Å². The number of unbranched alkanes of at least 4 members (excludes halogenated alkanes) is 1. The summed E-state index contributed by atoms with van der Waals surface area (Å²) in [5.74, 6) is 0.703. The number of rotatable bonds is 3. The van der Waals surface area contributed by atoms with E-state index in [9.17, 15) is 5.11 Å². The summed E-state index contributed by atoms with van der Waals surface area (Å²) in [6.07, 6.45) is 7.83. The van der Waals surface area contributed by atoms with E-state index in [1.165, 1.54) is 32.1 Å². The van der Waals surface area contributed by atoms with Gasteiger partial charge in [-0.05, 0) is 37.0 Å². The van der Waals surface area contributed by atoms with Gasteiger partial charge in [0.1, 0.15) is 0 Å². The molecule has 2 rings (SSSR count). The van der Waals surface area contributed by atoms with Crippen LogP contribution < -0.4 is 0 Å². The van der Waals surface area contributed by atoms with E-state index >= 15 is 0 Å². The molecule has 64 valence electrons. The Morgan fingerprint density at radius 3 is 2.82 bits per heavy atom. The Hall–Kier alpha value is -0.0400. The monoisotopic (exact) mass is 154 g/mol. The van der Waals surface area contributed by atoms with Crippen molar-refractivity contribution in [3.63, 3.8) is 0 Å². The van der Waals surface area contributed by atoms with Crippen molar-refractivity contribution < 1.29 is 5.11 Å². The Morgan fingerprint density at radius 2 is 2.36 bits per heavy atom. The molecule has 2 aliphatic carbocycles. The largest absolute Gasteiger partial charge is 0.393 e. The Morgan fingerprint density at radius 1 is 1.55 bits per heavy atom. The summed E-state index contributed by atoms with van der Waals surface area (Å²) in [6.45, 7) is 2.25. The van der Waals surface area contributed by atoms with E-state index in [0.29, 0.717) is 11.3 Å². The lowest BCUT2D eigenvalue weighted by Crippen LogP contribution is -2.03. The first-order chi connectivity index (χ1) is 5.28. The molecule has 0 heterocycles. The third-order valence-electron chi connectivity index (χ3n) is 3.68. The summed E-state index contributed by atoms with van der Waals surface area (Å²) in [5.41, 5.74) is 0.634. The van der Waals surface area contributed by atoms with Crippen LogP contribution in [0, 0.1) is 11.3 Å². The zero-order valence-electron chi connectivity index (χ0n) is 7.34. The lowest BCUT2D eigenvalue weighted by molar-refractivity contribution is 0.158. The molecule has 0 aromatic rings. The molecule has 1 nitrogen and oxygen atoms in total. The van der Waals surface area contributed by atoms with Gasteiger partial charge in [-0.3, -0.25) is 0 Å². The second kappa shape index (κ2) is 2.48. The Bertz CT molecular complexity index is 155. The van der Waals surface area contributed by atoms with Crippen LogP contribution in [0.3, 0.4) is 0 Å². The van der Waals surface area contributed by atoms with Crippen molar-refractivity contribution in [1.29, 1.82) is 0 Å². The third kappa shape index (κ3) is 1.10. The van der Waals surface area contributed by atoms with Crippen LogP contribution in [0.2, 0.25) is 0 Å². The highest BCUT2D eigenvalue weighted by molar-refractivity contribution is 5.10. The van der Waals surface area contributed by atoms with Gasteiger partial charge in [-0.25, -0.2) is 0 Å². The van der Waals surface area contributed by atoms with Crippen molar-refractivity contribution in [2.24, 2.45) is 11.3 Å². The summed E-state index contributed by atoms with van der Waals surface area (Å²) >= 11 is 0. The van der Waals surface area contributed by atoms with E-state index in [2.05, 4.69) is 6.92 Å². The lowest BCUT2D eigenvalue weighted by atomic mass is 9.97. The number of fused-ring (bicyclic) bond motifs is 1. The smallest absolute Gasteiger partial charge is 0.0574 e. The fraction of sp³-hybridized carbons (Fsp3) is 1.00. The van der Waals surface area contributed by atoms with Gasteiger partial charge in [0.05, 0.1) is 6.10 Å². The Kier molecular flexibility index (Phi) is 1.71. The second-order valence-electron chi connectivity index (χ2n) is 4.38. The van der Waals surface area contributed by atoms with Crippen LogP contribution in [0.4, 0.5) is 0 Å². The van der Waals surface area contributed by atoms with Gasteiger partial charge in [-0.1, -0.05) is 19.8 Å². The van der Waals surface area contributed by atoms with Gasteiger partial charge in [0.15, 0.2) is 0 Å². The van der Waals surface area contributed by atoms with Gasteiger partial charge < -0.3 is 5.11 Å². The maximum Gasteiger partial charge on any atom is 0.0574 e. The maximum atomic E-state index is 9.50. The van der Waals surface area contributed by atoms with E-state index < -0.39 is 0 Å². The lowest BCUT2D eigenvalue weighted by Gasteiger charge is -2.08. The van der Waals surface area contributed by atoms with E-state index in [1.807, 2.05) is 0 Å². The number of aliphatic hydroxyl groups is 1. The molecule has 0 aromatic carbocycles. The molecule has 1 N–H and O–H groups in total. The molecule has 0 aliphatic heterocycles. The molecule has 11 heavy (non-hydrogen) atoms. The zero-order chi connectivity index (χ0) is 7.90. The SMILES string of the molecule is CCCCC12CCC(O)C1C2. The fourth-order valence-electron chi connectivity index (χ4n) is 2.79. The van der Waals surface area contributed by atoms with Crippen LogP contribution in [0.25, 0.3) is 0 Å². The highest BCUT2D eigenvalue weighted by Crippen LogP contribution is 2.65. The van der Waals surface area contributed by atoms with Crippen LogP contribution in [0.1, 0.15) is 45.4 Å². The number of aliphatic hydroxyl groups excluding tert-OH is 1. The summed E-state index contributed by atoms with van der Waals surface area (Å²) in [4.78, 5) is 0. The molecule has 2 fully saturated rings. The minimum absolute atomic E-state index is 0.0619. The first kappa shape index (κ1) is 7.60. The van der Waals surface area contributed by atoms with Gasteiger partial charge in [0.25, 0.3) is 0 Å². The zero-order valence-corrected chi connectivity index (χ0v) is 7.34. The molecule has 0 aromatic heterocycles. The van der Waals surface area contributed by atoms with Crippen LogP contribution in [0.15, 0.2) is 0 Å². The van der Waals surface area contributed by atoms with Gasteiger partial charge in [-0.15, -0.1) is 0 Å². The van der Waals surface area contributed by atoms with E-state index in [4.69, 9.17) is 0 Å². The molecule has 0 spiro atoms. The van der Waals surface area contributed by atoms with Crippen molar-refractivity contribution in [3.05, 3.63) is 0 Å². The van der Waals surface area contributed by atoms with Gasteiger partial charge in [0, 0.05) is 0 Å². The minimum Gasteiger partial charge on any atom is -0.393 e. The normalized spacial score (nSPS) is 47.5. The van der Waals surface area contributed by atoms with Gasteiger partial charge in [-0.2, -0.15) is 0 Å². The molecule has 3 atom stereocenters. The maximum absolute atomic E-state index is 9.50. The van der Waals surface area contributed by atoms with Gasteiger partial charge in [0.2, 0.25) is 0 Å². The van der Waals surface area contributed by atoms with Crippen LogP contribution >= 0.6 is 0 Å². The van der Waals surface area contributed by atoms with Crippen molar-refractivity contribution in [1.82, 2.24) is 0 Å². The predicted molar refractivity (Wildman–Crippen MR) is 45.3 cm³/mol. The molecule has 0 bridgehead atoms. The molecule has 2 saturated carbocycles.